The average Bonchev–Trinajstić information content (AvgIpc) is 2.92. The van der Waals surface area contributed by atoms with Crippen molar-refractivity contribution in [3.63, 3.8) is 0 Å². The monoisotopic (exact) mass is 520 g/mol. The van der Waals surface area contributed by atoms with Crippen LogP contribution in [0.5, 0.6) is 0 Å². The molecule has 3 aromatic rings. The van der Waals surface area contributed by atoms with Gasteiger partial charge in [-0.05, 0) is 56.2 Å². The number of unbranched alkanes of at least 4 members (excludes halogenated alkanes) is 9. The molecule has 1 amide bonds. The molecule has 0 aliphatic carbocycles. The van der Waals surface area contributed by atoms with E-state index in [0.717, 1.165) is 42.6 Å². The van der Waals surface area contributed by atoms with Crippen molar-refractivity contribution in [3.05, 3.63) is 59.0 Å². The molecule has 6 heteroatoms. The highest BCUT2D eigenvalue weighted by atomic mass is 16.5. The van der Waals surface area contributed by atoms with E-state index in [1.807, 2.05) is 24.3 Å². The Kier molecular flexibility index (Phi) is 12.2. The van der Waals surface area contributed by atoms with E-state index < -0.39 is 6.09 Å². The average molecular weight is 521 g/mol. The molecule has 1 aromatic heterocycles. The van der Waals surface area contributed by atoms with Crippen molar-refractivity contribution in [2.45, 2.75) is 85.0 Å². The van der Waals surface area contributed by atoms with Gasteiger partial charge < -0.3 is 14.1 Å². The maximum Gasteiger partial charge on any atom is 0.411 e. The molecule has 1 heterocycles. The van der Waals surface area contributed by atoms with E-state index in [2.05, 4.69) is 31.0 Å². The second-order valence-corrected chi connectivity index (χ2v) is 9.86. The van der Waals surface area contributed by atoms with E-state index in [4.69, 9.17) is 9.15 Å². The fourth-order valence-corrected chi connectivity index (χ4v) is 4.73. The SMILES string of the molecule is CCCCCCCCCCCCOC(=O)Nc1ccc(-c2cc3ccc(N(CC)CC)cc3oc2=O)cc1. The molecule has 0 atom stereocenters. The second-order valence-electron chi connectivity index (χ2n) is 9.86. The summed E-state index contributed by atoms with van der Waals surface area (Å²) in [5, 5.41) is 3.63. The summed E-state index contributed by atoms with van der Waals surface area (Å²) in [4.78, 5) is 27.1. The molecular formula is C32H44N2O4. The van der Waals surface area contributed by atoms with Crippen molar-refractivity contribution in [2.75, 3.05) is 29.9 Å². The molecule has 0 aliphatic heterocycles. The minimum absolute atomic E-state index is 0.384. The summed E-state index contributed by atoms with van der Waals surface area (Å²) in [6, 6.07) is 15.0. The zero-order valence-electron chi connectivity index (χ0n) is 23.4. The topological polar surface area (TPSA) is 71.8 Å². The fraction of sp³-hybridized carbons (Fsp3) is 0.500. The van der Waals surface area contributed by atoms with Crippen LogP contribution in [-0.2, 0) is 4.74 Å². The predicted molar refractivity (Wildman–Crippen MR) is 158 cm³/mol. The zero-order chi connectivity index (χ0) is 27.2. The Labute approximate surface area is 227 Å². The molecule has 6 nitrogen and oxygen atoms in total. The minimum atomic E-state index is -0.456. The van der Waals surface area contributed by atoms with Crippen molar-refractivity contribution >= 4 is 28.4 Å². The quantitative estimate of drug-likeness (QED) is 0.151. The van der Waals surface area contributed by atoms with Crippen molar-refractivity contribution < 1.29 is 13.9 Å². The Morgan fingerprint density at radius 2 is 1.45 bits per heavy atom. The molecule has 0 saturated heterocycles. The number of amides is 1. The maximum absolute atomic E-state index is 12.7. The smallest absolute Gasteiger partial charge is 0.411 e. The van der Waals surface area contributed by atoms with Crippen LogP contribution in [0.1, 0.15) is 85.0 Å². The standard InChI is InChI=1S/C32H44N2O4/c1-4-7-8-9-10-11-12-13-14-15-22-37-32(36)33-27-19-16-25(17-20-27)29-23-26-18-21-28(34(5-2)6-3)24-30(26)38-31(29)35/h16-21,23-24H,4-15,22H2,1-3H3,(H,33,36). The molecule has 1 N–H and O–H groups in total. The number of ether oxygens (including phenoxy) is 1. The zero-order valence-corrected chi connectivity index (χ0v) is 23.4. The highest BCUT2D eigenvalue weighted by molar-refractivity contribution is 5.86. The van der Waals surface area contributed by atoms with Crippen LogP contribution in [0, 0.1) is 0 Å². The Balaban J connectivity index is 1.45. The van der Waals surface area contributed by atoms with Gasteiger partial charge in [-0.15, -0.1) is 0 Å². The summed E-state index contributed by atoms with van der Waals surface area (Å²) in [6.45, 7) is 8.64. The second kappa shape index (κ2) is 15.9. The van der Waals surface area contributed by atoms with Gasteiger partial charge in [0.05, 0.1) is 12.2 Å². The summed E-state index contributed by atoms with van der Waals surface area (Å²) < 4.78 is 11.0. The molecule has 0 bridgehead atoms. The number of fused-ring (bicyclic) bond motifs is 1. The van der Waals surface area contributed by atoms with Crippen LogP contribution in [-0.4, -0.2) is 25.8 Å². The number of nitrogens with one attached hydrogen (secondary N) is 1. The minimum Gasteiger partial charge on any atom is -0.449 e. The Hall–Kier alpha value is -3.28. The van der Waals surface area contributed by atoms with E-state index >= 15 is 0 Å². The van der Waals surface area contributed by atoms with Gasteiger partial charge in [0.1, 0.15) is 5.58 Å². The lowest BCUT2D eigenvalue weighted by Crippen LogP contribution is -2.21. The molecule has 0 aliphatic rings. The normalized spacial score (nSPS) is 11.0. The summed E-state index contributed by atoms with van der Waals surface area (Å²) in [5.74, 6) is 0. The van der Waals surface area contributed by atoms with Gasteiger partial charge in [0.15, 0.2) is 0 Å². The Bertz CT molecular complexity index is 1180. The third-order valence-electron chi connectivity index (χ3n) is 7.02. The first-order chi connectivity index (χ1) is 18.5. The van der Waals surface area contributed by atoms with Crippen molar-refractivity contribution in [2.24, 2.45) is 0 Å². The van der Waals surface area contributed by atoms with Crippen molar-refractivity contribution in [1.29, 1.82) is 0 Å². The molecule has 206 valence electrons. The van der Waals surface area contributed by atoms with Crippen molar-refractivity contribution in [3.8, 4) is 11.1 Å². The van der Waals surface area contributed by atoms with E-state index in [9.17, 15) is 9.59 Å². The first kappa shape index (κ1) is 29.3. The summed E-state index contributed by atoms with van der Waals surface area (Å²) >= 11 is 0. The number of nitrogens with zero attached hydrogens (tertiary/aromatic N) is 1. The fourth-order valence-electron chi connectivity index (χ4n) is 4.73. The lowest BCUT2D eigenvalue weighted by Gasteiger charge is -2.21. The van der Waals surface area contributed by atoms with E-state index in [1.165, 1.54) is 51.4 Å². The van der Waals surface area contributed by atoms with Crippen LogP contribution in [0.15, 0.2) is 57.7 Å². The molecule has 0 unspecified atom stereocenters. The van der Waals surface area contributed by atoms with Crippen LogP contribution >= 0.6 is 0 Å². The van der Waals surface area contributed by atoms with Gasteiger partial charge in [-0.2, -0.15) is 0 Å². The number of anilines is 2. The molecule has 0 saturated carbocycles. The maximum atomic E-state index is 12.7. The summed E-state index contributed by atoms with van der Waals surface area (Å²) in [5.41, 5.74) is 3.07. The Morgan fingerprint density at radius 3 is 2.08 bits per heavy atom. The molecular weight excluding hydrogens is 476 g/mol. The van der Waals surface area contributed by atoms with Gasteiger partial charge in [-0.1, -0.05) is 76.8 Å². The van der Waals surface area contributed by atoms with E-state index in [-0.39, 0.29) is 5.63 Å². The molecule has 2 aromatic carbocycles. The number of hydrogen-bond donors (Lipinski definition) is 1. The van der Waals surface area contributed by atoms with Gasteiger partial charge in [0.2, 0.25) is 0 Å². The van der Waals surface area contributed by atoms with Gasteiger partial charge in [-0.25, -0.2) is 9.59 Å². The predicted octanol–water partition coefficient (Wildman–Crippen LogP) is 8.78. The van der Waals surface area contributed by atoms with Crippen molar-refractivity contribution in [1.82, 2.24) is 0 Å². The highest BCUT2D eigenvalue weighted by Gasteiger charge is 2.11. The van der Waals surface area contributed by atoms with Crippen LogP contribution in [0.2, 0.25) is 0 Å². The van der Waals surface area contributed by atoms with Gasteiger partial charge >= 0.3 is 11.7 Å². The Morgan fingerprint density at radius 1 is 0.816 bits per heavy atom. The van der Waals surface area contributed by atoms with Crippen LogP contribution in [0.4, 0.5) is 16.2 Å². The van der Waals surface area contributed by atoms with Crippen LogP contribution in [0.25, 0.3) is 22.1 Å². The van der Waals surface area contributed by atoms with Gasteiger partial charge in [0, 0.05) is 35.9 Å². The third kappa shape index (κ3) is 8.93. The molecule has 0 radical (unpaired) electrons. The van der Waals surface area contributed by atoms with Crippen LogP contribution < -0.4 is 15.8 Å². The molecule has 0 spiro atoms. The first-order valence-corrected chi connectivity index (χ1v) is 14.4. The van der Waals surface area contributed by atoms with E-state index in [1.54, 1.807) is 24.3 Å². The van der Waals surface area contributed by atoms with Gasteiger partial charge in [-0.3, -0.25) is 5.32 Å². The third-order valence-corrected chi connectivity index (χ3v) is 7.02. The number of carbonyl (C=O) groups is 1. The molecule has 0 fully saturated rings. The number of hydrogen-bond acceptors (Lipinski definition) is 5. The summed E-state index contributed by atoms with van der Waals surface area (Å²) in [6.07, 6.45) is 12.0. The number of rotatable bonds is 16. The highest BCUT2D eigenvalue weighted by Crippen LogP contribution is 2.26. The molecule has 38 heavy (non-hydrogen) atoms. The molecule has 3 rings (SSSR count). The number of carbonyl (C=O) groups excluding carboxylic acids is 1. The van der Waals surface area contributed by atoms with E-state index in [0.29, 0.717) is 23.4 Å². The lowest BCUT2D eigenvalue weighted by molar-refractivity contribution is 0.159. The first-order valence-electron chi connectivity index (χ1n) is 14.4. The lowest BCUT2D eigenvalue weighted by atomic mass is 10.1. The summed E-state index contributed by atoms with van der Waals surface area (Å²) in [7, 11) is 0. The largest absolute Gasteiger partial charge is 0.449 e. The van der Waals surface area contributed by atoms with Gasteiger partial charge in [0.25, 0.3) is 0 Å². The van der Waals surface area contributed by atoms with Crippen LogP contribution in [0.3, 0.4) is 0 Å². The number of benzene rings is 2.